The van der Waals surface area contributed by atoms with Crippen LogP contribution in [0.25, 0.3) is 0 Å². The number of aryl methyl sites for hydroxylation is 2. The van der Waals surface area contributed by atoms with E-state index < -0.39 is 5.66 Å². The third kappa shape index (κ3) is 3.62. The molecule has 2 aliphatic heterocycles. The van der Waals surface area contributed by atoms with Crippen LogP contribution in [0.5, 0.6) is 5.75 Å². The van der Waals surface area contributed by atoms with E-state index in [1.165, 1.54) is 5.56 Å². The number of rotatable bonds is 3. The van der Waals surface area contributed by atoms with Gasteiger partial charge < -0.3 is 15.0 Å². The smallest absolute Gasteiger partial charge is 0.272 e. The third-order valence-electron chi connectivity index (χ3n) is 5.88. The molecule has 0 atom stereocenters. The predicted octanol–water partition coefficient (Wildman–Crippen LogP) is 2.86. The van der Waals surface area contributed by atoms with Gasteiger partial charge in [-0.3, -0.25) is 14.6 Å². The molecule has 1 fully saturated rings. The zero-order valence-electron chi connectivity index (χ0n) is 17.0. The molecule has 0 radical (unpaired) electrons. The van der Waals surface area contributed by atoms with Crippen LogP contribution >= 0.6 is 0 Å². The summed E-state index contributed by atoms with van der Waals surface area (Å²) in [5.74, 6) is 0.578. The Balaban J connectivity index is 1.48. The van der Waals surface area contributed by atoms with Crippen LogP contribution in [-0.2, 0) is 4.79 Å². The SMILES string of the molecule is COc1ccc(C(=O)N2CCC3(CC2)N=C(c2ccc(C)c(C)c2)C(=O)N3)cc1. The normalized spacial score (nSPS) is 17.8. The summed E-state index contributed by atoms with van der Waals surface area (Å²) in [5.41, 5.74) is 3.69. The van der Waals surface area contributed by atoms with E-state index in [-0.39, 0.29) is 11.8 Å². The van der Waals surface area contributed by atoms with Crippen molar-refractivity contribution >= 4 is 17.5 Å². The fourth-order valence-electron chi connectivity index (χ4n) is 3.88. The summed E-state index contributed by atoms with van der Waals surface area (Å²) in [5, 5.41) is 3.07. The molecule has 6 heteroatoms. The number of hydrogen-bond acceptors (Lipinski definition) is 4. The highest BCUT2D eigenvalue weighted by atomic mass is 16.5. The van der Waals surface area contributed by atoms with Crippen molar-refractivity contribution in [2.75, 3.05) is 20.2 Å². The van der Waals surface area contributed by atoms with Crippen molar-refractivity contribution in [2.24, 2.45) is 4.99 Å². The molecule has 0 bridgehead atoms. The lowest BCUT2D eigenvalue weighted by atomic mass is 9.97. The van der Waals surface area contributed by atoms with Gasteiger partial charge in [-0.05, 0) is 55.3 Å². The molecule has 2 aliphatic rings. The number of piperidine rings is 1. The van der Waals surface area contributed by atoms with Gasteiger partial charge in [0.15, 0.2) is 0 Å². The fraction of sp³-hybridized carbons (Fsp3) is 0.348. The van der Waals surface area contributed by atoms with E-state index >= 15 is 0 Å². The Hall–Kier alpha value is -3.15. The first kappa shape index (κ1) is 19.2. The molecule has 2 amide bonds. The van der Waals surface area contributed by atoms with E-state index in [9.17, 15) is 9.59 Å². The summed E-state index contributed by atoms with van der Waals surface area (Å²) in [6.07, 6.45) is 1.21. The highest BCUT2D eigenvalue weighted by Gasteiger charge is 2.43. The van der Waals surface area contributed by atoms with E-state index in [4.69, 9.17) is 9.73 Å². The van der Waals surface area contributed by atoms with Crippen molar-refractivity contribution in [1.29, 1.82) is 0 Å². The van der Waals surface area contributed by atoms with Crippen LogP contribution in [-0.4, -0.2) is 48.3 Å². The summed E-state index contributed by atoms with van der Waals surface area (Å²) < 4.78 is 5.15. The van der Waals surface area contributed by atoms with Crippen LogP contribution in [0.4, 0.5) is 0 Å². The average Bonchev–Trinajstić information content (AvgIpc) is 3.06. The molecule has 0 unspecified atom stereocenters. The topological polar surface area (TPSA) is 71.0 Å². The lowest BCUT2D eigenvalue weighted by molar-refractivity contribution is -0.115. The molecule has 6 nitrogen and oxygen atoms in total. The number of benzene rings is 2. The number of methoxy groups -OCH3 is 1. The third-order valence-corrected chi connectivity index (χ3v) is 5.88. The molecule has 2 aromatic rings. The molecule has 4 rings (SSSR count). The molecule has 0 aromatic heterocycles. The molecule has 1 saturated heterocycles. The summed E-state index contributed by atoms with van der Waals surface area (Å²) in [6.45, 7) is 5.18. The molecular formula is C23H25N3O3. The Morgan fingerprint density at radius 2 is 1.76 bits per heavy atom. The lowest BCUT2D eigenvalue weighted by Gasteiger charge is -2.37. The second kappa shape index (κ2) is 7.35. The molecular weight excluding hydrogens is 366 g/mol. The van der Waals surface area contributed by atoms with Crippen LogP contribution < -0.4 is 10.1 Å². The molecule has 1 N–H and O–H groups in total. The van der Waals surface area contributed by atoms with Gasteiger partial charge in [0.25, 0.3) is 11.8 Å². The quantitative estimate of drug-likeness (QED) is 0.875. The van der Waals surface area contributed by atoms with Gasteiger partial charge in [-0.1, -0.05) is 12.1 Å². The zero-order chi connectivity index (χ0) is 20.6. The maximum atomic E-state index is 12.8. The summed E-state index contributed by atoms with van der Waals surface area (Å²) in [6, 6.07) is 13.1. The first-order valence-corrected chi connectivity index (χ1v) is 9.84. The Kier molecular flexibility index (Phi) is 4.86. The number of carbonyl (C=O) groups is 2. The van der Waals surface area contributed by atoms with Crippen LogP contribution in [0.3, 0.4) is 0 Å². The second-order valence-electron chi connectivity index (χ2n) is 7.77. The first-order valence-electron chi connectivity index (χ1n) is 9.84. The highest BCUT2D eigenvalue weighted by Crippen LogP contribution is 2.30. The maximum Gasteiger partial charge on any atom is 0.272 e. The van der Waals surface area contributed by atoms with Crippen LogP contribution in [0.15, 0.2) is 47.5 Å². The largest absolute Gasteiger partial charge is 0.497 e. The van der Waals surface area contributed by atoms with Gasteiger partial charge in [0, 0.05) is 37.1 Å². The summed E-state index contributed by atoms with van der Waals surface area (Å²) in [7, 11) is 1.60. The van der Waals surface area contributed by atoms with Gasteiger partial charge in [0.2, 0.25) is 0 Å². The van der Waals surface area contributed by atoms with E-state index in [1.807, 2.05) is 36.9 Å². The highest BCUT2D eigenvalue weighted by molar-refractivity contribution is 6.46. The second-order valence-corrected chi connectivity index (χ2v) is 7.77. The van der Waals surface area contributed by atoms with Crippen molar-refractivity contribution < 1.29 is 14.3 Å². The molecule has 2 aromatic carbocycles. The van der Waals surface area contributed by atoms with Crippen molar-refractivity contribution in [1.82, 2.24) is 10.2 Å². The van der Waals surface area contributed by atoms with Crippen molar-refractivity contribution in [3.05, 3.63) is 64.7 Å². The Bertz CT molecular complexity index is 987. The average molecular weight is 391 g/mol. The standard InChI is InChI=1S/C23H25N3O3/c1-15-4-5-18(14-16(15)2)20-21(27)25-23(24-20)10-12-26(13-11-23)22(28)17-6-8-19(29-3)9-7-17/h4-9,14H,10-13H2,1-3H3,(H,25,27). The Morgan fingerprint density at radius 1 is 1.07 bits per heavy atom. The van der Waals surface area contributed by atoms with Gasteiger partial charge in [-0.25, -0.2) is 0 Å². The minimum absolute atomic E-state index is 0.00908. The molecule has 2 heterocycles. The van der Waals surface area contributed by atoms with Gasteiger partial charge >= 0.3 is 0 Å². The molecule has 1 spiro atoms. The predicted molar refractivity (Wildman–Crippen MR) is 111 cm³/mol. The maximum absolute atomic E-state index is 12.8. The number of ether oxygens (including phenoxy) is 1. The van der Waals surface area contributed by atoms with E-state index in [0.29, 0.717) is 37.2 Å². The molecule has 150 valence electrons. The number of aliphatic imine (C=N–C) groups is 1. The number of hydrogen-bond donors (Lipinski definition) is 1. The minimum atomic E-state index is -0.609. The van der Waals surface area contributed by atoms with Crippen molar-refractivity contribution in [3.8, 4) is 5.75 Å². The molecule has 0 saturated carbocycles. The number of nitrogens with zero attached hydrogens (tertiary/aromatic N) is 2. The van der Waals surface area contributed by atoms with E-state index in [1.54, 1.807) is 31.4 Å². The zero-order valence-corrected chi connectivity index (χ0v) is 17.0. The van der Waals surface area contributed by atoms with E-state index in [2.05, 4.69) is 5.32 Å². The minimum Gasteiger partial charge on any atom is -0.497 e. The fourth-order valence-corrected chi connectivity index (χ4v) is 3.88. The number of carbonyl (C=O) groups excluding carboxylic acids is 2. The number of likely N-dealkylation sites (tertiary alicyclic amines) is 1. The Labute approximate surface area is 170 Å². The van der Waals surface area contributed by atoms with Crippen molar-refractivity contribution in [2.45, 2.75) is 32.4 Å². The van der Waals surface area contributed by atoms with Gasteiger partial charge in [-0.15, -0.1) is 0 Å². The summed E-state index contributed by atoms with van der Waals surface area (Å²) in [4.78, 5) is 32.0. The first-order chi connectivity index (χ1) is 13.9. The summed E-state index contributed by atoms with van der Waals surface area (Å²) >= 11 is 0. The van der Waals surface area contributed by atoms with E-state index in [0.717, 1.165) is 16.9 Å². The van der Waals surface area contributed by atoms with Crippen molar-refractivity contribution in [3.63, 3.8) is 0 Å². The van der Waals surface area contributed by atoms with Gasteiger partial charge in [0.1, 0.15) is 17.1 Å². The Morgan fingerprint density at radius 3 is 2.38 bits per heavy atom. The number of amides is 2. The van der Waals surface area contributed by atoms with Gasteiger partial charge in [-0.2, -0.15) is 0 Å². The molecule has 29 heavy (non-hydrogen) atoms. The lowest BCUT2D eigenvalue weighted by Crippen LogP contribution is -2.52. The number of nitrogens with one attached hydrogen (secondary N) is 1. The van der Waals surface area contributed by atoms with Crippen LogP contribution in [0.1, 0.15) is 39.9 Å². The van der Waals surface area contributed by atoms with Gasteiger partial charge in [0.05, 0.1) is 7.11 Å². The van der Waals surface area contributed by atoms with Crippen LogP contribution in [0.2, 0.25) is 0 Å². The molecule has 0 aliphatic carbocycles. The van der Waals surface area contributed by atoms with Crippen LogP contribution in [0, 0.1) is 13.8 Å². The monoisotopic (exact) mass is 391 g/mol.